The van der Waals surface area contributed by atoms with E-state index in [1.54, 1.807) is 38.3 Å². The second-order valence-electron chi connectivity index (χ2n) is 6.69. The van der Waals surface area contributed by atoms with Crippen molar-refractivity contribution in [2.24, 2.45) is 0 Å². The Morgan fingerprint density at radius 1 is 1.07 bits per heavy atom. The van der Waals surface area contributed by atoms with E-state index in [0.29, 0.717) is 17.9 Å². The molecule has 0 unspecified atom stereocenters. The molecule has 2 atom stereocenters. The highest BCUT2D eigenvalue weighted by molar-refractivity contribution is 7.92. The second-order valence-corrected chi connectivity index (χ2v) is 8.55. The number of carbonyl (C=O) groups is 1. The number of nitrogens with one attached hydrogen (secondary N) is 1. The Balaban J connectivity index is 2.29. The van der Waals surface area contributed by atoms with Crippen LogP contribution < -0.4 is 19.1 Å². The zero-order valence-electron chi connectivity index (χ0n) is 17.4. The minimum atomic E-state index is -3.71. The van der Waals surface area contributed by atoms with Gasteiger partial charge in [0.15, 0.2) is 0 Å². The van der Waals surface area contributed by atoms with Gasteiger partial charge >= 0.3 is 0 Å². The zero-order valence-corrected chi connectivity index (χ0v) is 18.2. The molecule has 0 fully saturated rings. The molecule has 2 aromatic rings. The molecule has 0 aromatic heterocycles. The van der Waals surface area contributed by atoms with E-state index in [2.05, 4.69) is 5.32 Å². The predicted octanol–water partition coefficient (Wildman–Crippen LogP) is 3.13. The maximum atomic E-state index is 13.0. The molecular weight excluding hydrogens is 392 g/mol. The van der Waals surface area contributed by atoms with Gasteiger partial charge < -0.3 is 14.8 Å². The summed E-state index contributed by atoms with van der Waals surface area (Å²) < 4.78 is 36.6. The largest absolute Gasteiger partial charge is 0.497 e. The maximum absolute atomic E-state index is 13.0. The number of rotatable bonds is 9. The lowest BCUT2D eigenvalue weighted by molar-refractivity contribution is -0.122. The van der Waals surface area contributed by atoms with E-state index < -0.39 is 16.1 Å². The summed E-state index contributed by atoms with van der Waals surface area (Å²) in [7, 11) is -0.616. The van der Waals surface area contributed by atoms with Crippen LogP contribution in [0.15, 0.2) is 48.5 Å². The highest BCUT2D eigenvalue weighted by Gasteiger charge is 2.32. The van der Waals surface area contributed by atoms with Gasteiger partial charge in [0.2, 0.25) is 15.9 Å². The molecule has 158 valence electrons. The Labute approximate surface area is 172 Å². The van der Waals surface area contributed by atoms with Gasteiger partial charge in [-0.1, -0.05) is 25.1 Å². The first kappa shape index (κ1) is 22.5. The third-order valence-corrected chi connectivity index (χ3v) is 5.79. The number of hydrogen-bond donors (Lipinski definition) is 1. The third kappa shape index (κ3) is 5.63. The predicted molar refractivity (Wildman–Crippen MR) is 114 cm³/mol. The topological polar surface area (TPSA) is 84.9 Å². The number of methoxy groups -OCH3 is 2. The van der Waals surface area contributed by atoms with Gasteiger partial charge in [0.25, 0.3) is 0 Å². The van der Waals surface area contributed by atoms with E-state index in [4.69, 9.17) is 9.47 Å². The molecule has 0 spiro atoms. The van der Waals surface area contributed by atoms with E-state index >= 15 is 0 Å². The van der Waals surface area contributed by atoms with Crippen LogP contribution in [-0.4, -0.2) is 40.8 Å². The van der Waals surface area contributed by atoms with Crippen LogP contribution in [0.2, 0.25) is 0 Å². The summed E-state index contributed by atoms with van der Waals surface area (Å²) in [6.45, 7) is 3.63. The highest BCUT2D eigenvalue weighted by Crippen LogP contribution is 2.27. The van der Waals surface area contributed by atoms with Crippen molar-refractivity contribution in [1.82, 2.24) is 5.32 Å². The first-order valence-electron chi connectivity index (χ1n) is 9.29. The van der Waals surface area contributed by atoms with Crippen LogP contribution >= 0.6 is 0 Å². The second kappa shape index (κ2) is 9.65. The van der Waals surface area contributed by atoms with Crippen molar-refractivity contribution < 1.29 is 22.7 Å². The summed E-state index contributed by atoms with van der Waals surface area (Å²) in [5, 5.41) is 2.92. The monoisotopic (exact) mass is 420 g/mol. The number of amides is 1. The van der Waals surface area contributed by atoms with E-state index in [1.165, 1.54) is 7.11 Å². The Kier molecular flexibility index (Phi) is 7.50. The molecule has 1 N–H and O–H groups in total. The molecule has 1 amide bonds. The third-order valence-electron chi connectivity index (χ3n) is 4.61. The van der Waals surface area contributed by atoms with Gasteiger partial charge in [0.1, 0.15) is 17.5 Å². The van der Waals surface area contributed by atoms with Gasteiger partial charge in [-0.25, -0.2) is 8.42 Å². The number of anilines is 1. The smallest absolute Gasteiger partial charge is 0.244 e. The van der Waals surface area contributed by atoms with Gasteiger partial charge in [-0.3, -0.25) is 9.10 Å². The number of carbonyl (C=O) groups excluding carboxylic acids is 1. The normalized spacial score (nSPS) is 13.3. The lowest BCUT2D eigenvalue weighted by Gasteiger charge is -2.31. The summed E-state index contributed by atoms with van der Waals surface area (Å²) >= 11 is 0. The fourth-order valence-electron chi connectivity index (χ4n) is 3.09. The van der Waals surface area contributed by atoms with Crippen LogP contribution in [-0.2, 0) is 14.8 Å². The Morgan fingerprint density at radius 3 is 2.21 bits per heavy atom. The minimum Gasteiger partial charge on any atom is -0.497 e. The van der Waals surface area contributed by atoms with E-state index in [1.807, 2.05) is 31.2 Å². The molecule has 0 radical (unpaired) electrons. The van der Waals surface area contributed by atoms with Crippen molar-refractivity contribution in [3.05, 3.63) is 54.1 Å². The van der Waals surface area contributed by atoms with Crippen LogP contribution in [0.4, 0.5) is 5.69 Å². The molecule has 0 aliphatic carbocycles. The summed E-state index contributed by atoms with van der Waals surface area (Å²) in [6, 6.07) is 12.8. The molecule has 29 heavy (non-hydrogen) atoms. The molecule has 0 heterocycles. The van der Waals surface area contributed by atoms with Gasteiger partial charge in [-0.15, -0.1) is 0 Å². The molecule has 0 saturated heterocycles. The fourth-order valence-corrected chi connectivity index (χ4v) is 4.30. The first-order valence-corrected chi connectivity index (χ1v) is 11.1. The Hall–Kier alpha value is -2.74. The Morgan fingerprint density at radius 2 is 1.69 bits per heavy atom. The van der Waals surface area contributed by atoms with Crippen molar-refractivity contribution in [3.8, 4) is 11.5 Å². The summed E-state index contributed by atoms with van der Waals surface area (Å²) in [6.07, 6.45) is 1.40. The highest BCUT2D eigenvalue weighted by atomic mass is 32.2. The van der Waals surface area contributed by atoms with Crippen LogP contribution in [0.5, 0.6) is 11.5 Å². The van der Waals surface area contributed by atoms with Gasteiger partial charge in [0, 0.05) is 6.07 Å². The van der Waals surface area contributed by atoms with E-state index in [9.17, 15) is 13.2 Å². The molecule has 0 aliphatic heterocycles. The first-order chi connectivity index (χ1) is 13.7. The molecule has 2 aromatic carbocycles. The molecule has 8 heteroatoms. The molecular formula is C21H28N2O5S. The SMILES string of the molecule is CC[C@H](C(=O)N[C@@H](C)c1ccc(OC)cc1)N(c1cccc(OC)c1)S(C)(=O)=O. The summed E-state index contributed by atoms with van der Waals surface area (Å²) in [4.78, 5) is 13.0. The number of hydrogen-bond acceptors (Lipinski definition) is 5. The van der Waals surface area contributed by atoms with Crippen LogP contribution in [0, 0.1) is 0 Å². The summed E-state index contributed by atoms with van der Waals surface area (Å²) in [5.74, 6) is 0.863. The fraction of sp³-hybridized carbons (Fsp3) is 0.381. The van der Waals surface area contributed by atoms with Crippen molar-refractivity contribution in [1.29, 1.82) is 0 Å². The molecule has 0 saturated carbocycles. The number of benzene rings is 2. The molecule has 0 aliphatic rings. The zero-order chi connectivity index (χ0) is 21.6. The van der Waals surface area contributed by atoms with Crippen LogP contribution in [0.3, 0.4) is 0 Å². The van der Waals surface area contributed by atoms with Crippen LogP contribution in [0.25, 0.3) is 0 Å². The number of nitrogens with zero attached hydrogens (tertiary/aromatic N) is 1. The average Bonchev–Trinajstić information content (AvgIpc) is 2.70. The van der Waals surface area contributed by atoms with Crippen molar-refractivity contribution in [3.63, 3.8) is 0 Å². The lowest BCUT2D eigenvalue weighted by atomic mass is 10.1. The van der Waals surface area contributed by atoms with Gasteiger partial charge in [-0.2, -0.15) is 0 Å². The maximum Gasteiger partial charge on any atom is 0.244 e. The van der Waals surface area contributed by atoms with E-state index in [-0.39, 0.29) is 11.9 Å². The molecule has 0 bridgehead atoms. The van der Waals surface area contributed by atoms with Crippen LogP contribution in [0.1, 0.15) is 31.9 Å². The van der Waals surface area contributed by atoms with Gasteiger partial charge in [-0.05, 0) is 43.2 Å². The Bertz CT molecular complexity index is 928. The average molecular weight is 421 g/mol. The summed E-state index contributed by atoms with van der Waals surface area (Å²) in [5.41, 5.74) is 1.27. The lowest BCUT2D eigenvalue weighted by Crippen LogP contribution is -2.49. The van der Waals surface area contributed by atoms with Gasteiger partial charge in [0.05, 0.1) is 32.2 Å². The van der Waals surface area contributed by atoms with Crippen molar-refractivity contribution >= 4 is 21.6 Å². The van der Waals surface area contributed by atoms with Crippen molar-refractivity contribution in [2.45, 2.75) is 32.4 Å². The standard InChI is InChI=1S/C21H28N2O5S/c1-6-20(21(24)22-15(2)16-10-12-18(27-3)13-11-16)23(29(5,25)26)17-8-7-9-19(14-17)28-4/h7-15,20H,6H2,1-5H3,(H,22,24)/t15-,20+/m0/s1. The molecule has 2 rings (SSSR count). The van der Waals surface area contributed by atoms with E-state index in [0.717, 1.165) is 21.9 Å². The quantitative estimate of drug-likeness (QED) is 0.674. The minimum absolute atomic E-state index is 0.297. The number of ether oxygens (including phenoxy) is 2. The van der Waals surface area contributed by atoms with Crippen molar-refractivity contribution in [2.75, 3.05) is 24.8 Å². The number of sulfonamides is 1. The molecule has 7 nitrogen and oxygen atoms in total.